The van der Waals surface area contributed by atoms with E-state index in [1.165, 1.54) is 19.4 Å². The second-order valence-electron chi connectivity index (χ2n) is 5.80. The largest absolute Gasteiger partial charge is 0.356 e. The van der Waals surface area contributed by atoms with E-state index in [4.69, 9.17) is 0 Å². The van der Waals surface area contributed by atoms with Crippen LogP contribution >= 0.6 is 0 Å². The molecule has 0 saturated carbocycles. The van der Waals surface area contributed by atoms with E-state index < -0.39 is 0 Å². The van der Waals surface area contributed by atoms with Gasteiger partial charge in [0.1, 0.15) is 12.1 Å². The third-order valence-corrected chi connectivity index (χ3v) is 4.24. The summed E-state index contributed by atoms with van der Waals surface area (Å²) in [5.74, 6) is 2.38. The second kappa shape index (κ2) is 4.84. The van der Waals surface area contributed by atoms with Crippen LogP contribution in [-0.4, -0.2) is 35.6 Å². The molecule has 0 bridgehead atoms. The minimum Gasteiger partial charge on any atom is -0.356 e. The van der Waals surface area contributed by atoms with Gasteiger partial charge in [0.25, 0.3) is 0 Å². The van der Waals surface area contributed by atoms with Crippen LogP contribution in [0, 0.1) is 5.92 Å². The van der Waals surface area contributed by atoms with Crippen LogP contribution in [0.15, 0.2) is 12.4 Å². The summed E-state index contributed by atoms with van der Waals surface area (Å²) in [7, 11) is 0. The third kappa shape index (κ3) is 2.21. The molecule has 0 spiro atoms. The first kappa shape index (κ1) is 11.9. The maximum Gasteiger partial charge on any atom is 0.132 e. The van der Waals surface area contributed by atoms with Gasteiger partial charge in [-0.15, -0.1) is 0 Å². The molecule has 0 aromatic carbocycles. The van der Waals surface area contributed by atoms with Crippen molar-refractivity contribution in [3.63, 3.8) is 0 Å². The molecule has 1 aromatic rings. The van der Waals surface area contributed by atoms with E-state index in [1.54, 1.807) is 6.33 Å². The molecule has 3 heterocycles. The quantitative estimate of drug-likeness (QED) is 0.864. The van der Waals surface area contributed by atoms with E-state index >= 15 is 0 Å². The van der Waals surface area contributed by atoms with Gasteiger partial charge in [-0.05, 0) is 31.2 Å². The Balaban J connectivity index is 1.76. The molecule has 2 atom stereocenters. The zero-order valence-corrected chi connectivity index (χ0v) is 11.3. The molecule has 2 aliphatic heterocycles. The molecule has 2 fully saturated rings. The van der Waals surface area contributed by atoms with Crippen molar-refractivity contribution >= 4 is 5.82 Å². The SMILES string of the molecule is CC(C)c1cc(N2CCC3NCCC3C2)ncn1. The normalized spacial score (nSPS) is 27.6. The van der Waals surface area contributed by atoms with Crippen LogP contribution in [0.5, 0.6) is 0 Å². The first-order valence-corrected chi connectivity index (χ1v) is 7.04. The van der Waals surface area contributed by atoms with Gasteiger partial charge in [-0.2, -0.15) is 0 Å². The molecule has 0 amide bonds. The topological polar surface area (TPSA) is 41.0 Å². The van der Waals surface area contributed by atoms with Crippen molar-refractivity contribution in [1.82, 2.24) is 15.3 Å². The van der Waals surface area contributed by atoms with E-state index in [-0.39, 0.29) is 0 Å². The molecule has 4 heteroatoms. The summed E-state index contributed by atoms with van der Waals surface area (Å²) in [6, 6.07) is 2.90. The molecule has 1 N–H and O–H groups in total. The molecule has 1 aromatic heterocycles. The number of nitrogens with one attached hydrogen (secondary N) is 1. The van der Waals surface area contributed by atoms with Crippen LogP contribution in [0.2, 0.25) is 0 Å². The fraction of sp³-hybridized carbons (Fsp3) is 0.714. The average Bonchev–Trinajstić information content (AvgIpc) is 2.86. The number of anilines is 1. The zero-order chi connectivity index (χ0) is 12.5. The van der Waals surface area contributed by atoms with Crippen molar-refractivity contribution in [2.75, 3.05) is 24.5 Å². The maximum atomic E-state index is 4.45. The number of hydrogen-bond acceptors (Lipinski definition) is 4. The Morgan fingerprint density at radius 3 is 3.06 bits per heavy atom. The molecule has 0 aliphatic carbocycles. The fourth-order valence-electron chi connectivity index (χ4n) is 3.11. The lowest BCUT2D eigenvalue weighted by molar-refractivity contribution is 0.375. The number of fused-ring (bicyclic) bond motifs is 1. The minimum atomic E-state index is 0.470. The van der Waals surface area contributed by atoms with Crippen molar-refractivity contribution in [1.29, 1.82) is 0 Å². The van der Waals surface area contributed by atoms with Gasteiger partial charge in [-0.3, -0.25) is 0 Å². The van der Waals surface area contributed by atoms with Crippen molar-refractivity contribution < 1.29 is 0 Å². The summed E-state index contributed by atoms with van der Waals surface area (Å²) in [5, 5.41) is 3.60. The summed E-state index contributed by atoms with van der Waals surface area (Å²) in [6.07, 6.45) is 4.26. The zero-order valence-electron chi connectivity index (χ0n) is 11.3. The second-order valence-corrected chi connectivity index (χ2v) is 5.80. The van der Waals surface area contributed by atoms with E-state index in [1.807, 2.05) is 0 Å². The van der Waals surface area contributed by atoms with Crippen LogP contribution in [0.25, 0.3) is 0 Å². The highest BCUT2D eigenvalue weighted by Gasteiger charge is 2.33. The number of hydrogen-bond donors (Lipinski definition) is 1. The average molecular weight is 246 g/mol. The maximum absolute atomic E-state index is 4.45. The van der Waals surface area contributed by atoms with E-state index in [2.05, 4.69) is 40.1 Å². The predicted molar refractivity (Wildman–Crippen MR) is 72.8 cm³/mol. The molecule has 2 aliphatic rings. The van der Waals surface area contributed by atoms with Gasteiger partial charge in [0.2, 0.25) is 0 Å². The fourth-order valence-corrected chi connectivity index (χ4v) is 3.11. The van der Waals surface area contributed by atoms with Gasteiger partial charge < -0.3 is 10.2 Å². The minimum absolute atomic E-state index is 0.470. The molecule has 2 saturated heterocycles. The van der Waals surface area contributed by atoms with Crippen LogP contribution in [-0.2, 0) is 0 Å². The molecule has 18 heavy (non-hydrogen) atoms. The Labute approximate surface area is 109 Å². The standard InChI is InChI=1S/C14H22N4/c1-10(2)13-7-14(17-9-16-13)18-6-4-12-11(8-18)3-5-15-12/h7,9-12,15H,3-6,8H2,1-2H3. The summed E-state index contributed by atoms with van der Waals surface area (Å²) in [6.45, 7) is 7.80. The van der Waals surface area contributed by atoms with Crippen LogP contribution in [0.4, 0.5) is 5.82 Å². The van der Waals surface area contributed by atoms with Gasteiger partial charge in [-0.25, -0.2) is 9.97 Å². The van der Waals surface area contributed by atoms with Crippen LogP contribution in [0.3, 0.4) is 0 Å². The lowest BCUT2D eigenvalue weighted by Crippen LogP contribution is -2.44. The summed E-state index contributed by atoms with van der Waals surface area (Å²) < 4.78 is 0. The molecule has 2 unspecified atom stereocenters. The van der Waals surface area contributed by atoms with Crippen molar-refractivity contribution in [2.24, 2.45) is 5.92 Å². The Kier molecular flexibility index (Phi) is 3.20. The van der Waals surface area contributed by atoms with Crippen LogP contribution < -0.4 is 10.2 Å². The molecular weight excluding hydrogens is 224 g/mol. The predicted octanol–water partition coefficient (Wildman–Crippen LogP) is 1.79. The lowest BCUT2D eigenvalue weighted by atomic mass is 9.93. The van der Waals surface area contributed by atoms with E-state index in [9.17, 15) is 0 Å². The third-order valence-electron chi connectivity index (χ3n) is 4.24. The van der Waals surface area contributed by atoms with Gasteiger partial charge >= 0.3 is 0 Å². The van der Waals surface area contributed by atoms with Crippen molar-refractivity contribution in [2.45, 2.75) is 38.6 Å². The Morgan fingerprint density at radius 1 is 1.33 bits per heavy atom. The summed E-state index contributed by atoms with van der Waals surface area (Å²) in [5.41, 5.74) is 1.15. The number of nitrogens with zero attached hydrogens (tertiary/aromatic N) is 3. The monoisotopic (exact) mass is 246 g/mol. The number of piperidine rings is 1. The van der Waals surface area contributed by atoms with Gasteiger partial charge in [0, 0.05) is 30.9 Å². The molecule has 0 radical (unpaired) electrons. The number of aromatic nitrogens is 2. The Morgan fingerprint density at radius 2 is 2.22 bits per heavy atom. The molecule has 4 nitrogen and oxygen atoms in total. The number of rotatable bonds is 2. The first-order valence-electron chi connectivity index (χ1n) is 7.04. The molecule has 3 rings (SSSR count). The van der Waals surface area contributed by atoms with Gasteiger partial charge in [-0.1, -0.05) is 13.8 Å². The summed E-state index contributed by atoms with van der Waals surface area (Å²) in [4.78, 5) is 11.2. The Hall–Kier alpha value is -1.16. The smallest absolute Gasteiger partial charge is 0.132 e. The van der Waals surface area contributed by atoms with E-state index in [0.29, 0.717) is 5.92 Å². The Bertz CT molecular complexity index is 418. The first-order chi connectivity index (χ1) is 8.74. The highest BCUT2D eigenvalue weighted by atomic mass is 15.2. The van der Waals surface area contributed by atoms with Gasteiger partial charge in [0.15, 0.2) is 0 Å². The van der Waals surface area contributed by atoms with Crippen LogP contribution in [0.1, 0.15) is 38.3 Å². The highest BCUT2D eigenvalue weighted by molar-refractivity contribution is 5.40. The molecule has 98 valence electrons. The molecular formula is C14H22N4. The highest BCUT2D eigenvalue weighted by Crippen LogP contribution is 2.27. The van der Waals surface area contributed by atoms with Crippen molar-refractivity contribution in [3.05, 3.63) is 18.1 Å². The van der Waals surface area contributed by atoms with Gasteiger partial charge in [0.05, 0.1) is 0 Å². The lowest BCUT2D eigenvalue weighted by Gasteiger charge is -2.35. The van der Waals surface area contributed by atoms with E-state index in [0.717, 1.165) is 36.6 Å². The van der Waals surface area contributed by atoms with Crippen molar-refractivity contribution in [3.8, 4) is 0 Å². The summed E-state index contributed by atoms with van der Waals surface area (Å²) >= 11 is 0.